The summed E-state index contributed by atoms with van der Waals surface area (Å²) in [5.74, 6) is 0.668. The lowest BCUT2D eigenvalue weighted by Gasteiger charge is -2.21. The third kappa shape index (κ3) is 5.04. The van der Waals surface area contributed by atoms with Crippen LogP contribution in [0.5, 0.6) is 5.75 Å². The molecule has 1 N–H and O–H groups in total. The monoisotopic (exact) mass is 262 g/mol. The summed E-state index contributed by atoms with van der Waals surface area (Å²) in [5, 5.41) is 3.03. The molecule has 0 unspecified atom stereocenters. The number of hydrogen-bond acceptors (Lipinski definition) is 3. The Morgan fingerprint density at radius 1 is 1.37 bits per heavy atom. The van der Waals surface area contributed by atoms with Gasteiger partial charge in [-0.05, 0) is 38.1 Å². The third-order valence-electron chi connectivity index (χ3n) is 2.70. The summed E-state index contributed by atoms with van der Waals surface area (Å²) in [4.78, 5) is 13.7. The van der Waals surface area contributed by atoms with E-state index in [4.69, 9.17) is 4.74 Å². The van der Waals surface area contributed by atoms with E-state index in [9.17, 15) is 4.79 Å². The number of amides is 1. The fraction of sp³-hybridized carbons (Fsp3) is 0.400. The van der Waals surface area contributed by atoms with E-state index in [-0.39, 0.29) is 12.5 Å². The Kier molecular flexibility index (Phi) is 5.93. The molecule has 0 aliphatic carbocycles. The maximum atomic E-state index is 12.0. The number of carbonyl (C=O) groups is 1. The third-order valence-corrected chi connectivity index (χ3v) is 2.70. The molecule has 1 aromatic carbocycles. The highest BCUT2D eigenvalue weighted by molar-refractivity contribution is 5.78. The van der Waals surface area contributed by atoms with E-state index in [1.165, 1.54) is 0 Å². The number of benzene rings is 1. The Balaban J connectivity index is 2.49. The first-order valence-corrected chi connectivity index (χ1v) is 6.39. The average Bonchev–Trinajstić information content (AvgIpc) is 2.42. The van der Waals surface area contributed by atoms with Crippen LogP contribution < -0.4 is 10.1 Å². The van der Waals surface area contributed by atoms with Crippen molar-refractivity contribution in [1.29, 1.82) is 0 Å². The van der Waals surface area contributed by atoms with Crippen molar-refractivity contribution in [2.75, 3.05) is 32.1 Å². The van der Waals surface area contributed by atoms with Gasteiger partial charge in [-0.3, -0.25) is 4.79 Å². The van der Waals surface area contributed by atoms with Crippen molar-refractivity contribution in [3.8, 4) is 5.75 Å². The van der Waals surface area contributed by atoms with Gasteiger partial charge in [-0.2, -0.15) is 0 Å². The van der Waals surface area contributed by atoms with Crippen molar-refractivity contribution >= 4 is 11.6 Å². The molecular weight excluding hydrogens is 240 g/mol. The lowest BCUT2D eigenvalue weighted by Crippen LogP contribution is -2.35. The number of nitrogens with zero attached hydrogens (tertiary/aromatic N) is 1. The van der Waals surface area contributed by atoms with Gasteiger partial charge in [0.2, 0.25) is 0 Å². The minimum Gasteiger partial charge on any atom is -0.484 e. The number of rotatable bonds is 7. The smallest absolute Gasteiger partial charge is 0.260 e. The van der Waals surface area contributed by atoms with E-state index < -0.39 is 0 Å². The summed E-state index contributed by atoms with van der Waals surface area (Å²) in [6.07, 6.45) is 0. The minimum atomic E-state index is -0.0248. The second-order valence-corrected chi connectivity index (χ2v) is 4.43. The van der Waals surface area contributed by atoms with Gasteiger partial charge in [-0.15, -0.1) is 0 Å². The van der Waals surface area contributed by atoms with Gasteiger partial charge in [0.1, 0.15) is 5.75 Å². The molecular formula is C15H22N2O2. The van der Waals surface area contributed by atoms with Crippen LogP contribution in [0.15, 0.2) is 36.4 Å². The van der Waals surface area contributed by atoms with Gasteiger partial charge >= 0.3 is 0 Å². The predicted molar refractivity (Wildman–Crippen MR) is 78.6 cm³/mol. The first kappa shape index (κ1) is 15.1. The number of nitrogens with one attached hydrogen (secondary N) is 1. The Morgan fingerprint density at radius 3 is 2.47 bits per heavy atom. The highest BCUT2D eigenvalue weighted by Gasteiger charge is 2.12. The highest BCUT2D eigenvalue weighted by Crippen LogP contribution is 2.15. The van der Waals surface area contributed by atoms with Crippen molar-refractivity contribution < 1.29 is 9.53 Å². The largest absolute Gasteiger partial charge is 0.484 e. The van der Waals surface area contributed by atoms with Gasteiger partial charge < -0.3 is 15.0 Å². The Labute approximate surface area is 115 Å². The molecule has 0 aliphatic heterocycles. The van der Waals surface area contributed by atoms with Crippen LogP contribution in [0.2, 0.25) is 0 Å². The predicted octanol–water partition coefficient (Wildman–Crippen LogP) is 2.53. The molecule has 1 aromatic rings. The molecule has 0 bridgehead atoms. The van der Waals surface area contributed by atoms with E-state index in [2.05, 4.69) is 11.9 Å². The Hall–Kier alpha value is -1.97. The average molecular weight is 262 g/mol. The molecule has 0 saturated carbocycles. The maximum Gasteiger partial charge on any atom is 0.260 e. The van der Waals surface area contributed by atoms with Crippen LogP contribution in [0.1, 0.15) is 13.8 Å². The number of anilines is 1. The van der Waals surface area contributed by atoms with Crippen LogP contribution in [0, 0.1) is 0 Å². The molecule has 0 atom stereocenters. The van der Waals surface area contributed by atoms with Crippen LogP contribution in [-0.2, 0) is 4.79 Å². The van der Waals surface area contributed by atoms with Crippen molar-refractivity contribution in [3.63, 3.8) is 0 Å². The van der Waals surface area contributed by atoms with Crippen LogP contribution in [0.4, 0.5) is 5.69 Å². The zero-order valence-corrected chi connectivity index (χ0v) is 11.9. The fourth-order valence-corrected chi connectivity index (χ4v) is 1.66. The second-order valence-electron chi connectivity index (χ2n) is 4.43. The van der Waals surface area contributed by atoms with Crippen LogP contribution >= 0.6 is 0 Å². The zero-order chi connectivity index (χ0) is 14.3. The van der Waals surface area contributed by atoms with Gasteiger partial charge in [0.25, 0.3) is 5.91 Å². The van der Waals surface area contributed by atoms with Crippen molar-refractivity contribution in [2.24, 2.45) is 0 Å². The summed E-state index contributed by atoms with van der Waals surface area (Å²) in [7, 11) is 1.86. The molecule has 0 saturated heterocycles. The number of ether oxygens (including phenoxy) is 1. The van der Waals surface area contributed by atoms with E-state index in [0.717, 1.165) is 11.3 Å². The van der Waals surface area contributed by atoms with Crippen molar-refractivity contribution in [3.05, 3.63) is 36.4 Å². The minimum absolute atomic E-state index is 0.0248. The van der Waals surface area contributed by atoms with Crippen molar-refractivity contribution in [2.45, 2.75) is 13.8 Å². The van der Waals surface area contributed by atoms with E-state index in [1.807, 2.05) is 45.2 Å². The standard InChI is InChI=1S/C15H22N2O2/c1-5-17(10-12(2)3)15(18)11-19-14-8-6-13(16-4)7-9-14/h6-9,16H,2,5,10-11H2,1,3-4H3. The van der Waals surface area contributed by atoms with Gasteiger partial charge in [0.05, 0.1) is 0 Å². The maximum absolute atomic E-state index is 12.0. The molecule has 0 aromatic heterocycles. The van der Waals surface area contributed by atoms with Crippen LogP contribution in [-0.4, -0.2) is 37.6 Å². The molecule has 104 valence electrons. The van der Waals surface area contributed by atoms with Gasteiger partial charge in [0, 0.05) is 25.8 Å². The highest BCUT2D eigenvalue weighted by atomic mass is 16.5. The zero-order valence-electron chi connectivity index (χ0n) is 11.9. The summed E-state index contributed by atoms with van der Waals surface area (Å²) in [6, 6.07) is 7.50. The number of likely N-dealkylation sites (N-methyl/N-ethyl adjacent to an activating group) is 1. The van der Waals surface area contributed by atoms with Gasteiger partial charge in [-0.1, -0.05) is 12.2 Å². The summed E-state index contributed by atoms with van der Waals surface area (Å²) >= 11 is 0. The molecule has 0 aliphatic rings. The second kappa shape index (κ2) is 7.46. The van der Waals surface area contributed by atoms with Crippen molar-refractivity contribution in [1.82, 2.24) is 4.90 Å². The van der Waals surface area contributed by atoms with Gasteiger partial charge in [-0.25, -0.2) is 0 Å². The van der Waals surface area contributed by atoms with E-state index in [1.54, 1.807) is 4.90 Å². The summed E-state index contributed by atoms with van der Waals surface area (Å²) < 4.78 is 5.48. The lowest BCUT2D eigenvalue weighted by atomic mass is 10.3. The first-order chi connectivity index (χ1) is 9.06. The molecule has 4 heteroatoms. The molecule has 19 heavy (non-hydrogen) atoms. The van der Waals surface area contributed by atoms with E-state index in [0.29, 0.717) is 18.8 Å². The molecule has 0 heterocycles. The molecule has 1 rings (SSSR count). The summed E-state index contributed by atoms with van der Waals surface area (Å²) in [6.45, 7) is 8.97. The first-order valence-electron chi connectivity index (χ1n) is 6.39. The van der Waals surface area contributed by atoms with Crippen LogP contribution in [0.25, 0.3) is 0 Å². The quantitative estimate of drug-likeness (QED) is 0.768. The molecule has 0 spiro atoms. The normalized spacial score (nSPS) is 9.84. The SMILES string of the molecule is C=C(C)CN(CC)C(=O)COc1ccc(NC)cc1. The number of carbonyl (C=O) groups excluding carboxylic acids is 1. The molecule has 4 nitrogen and oxygen atoms in total. The lowest BCUT2D eigenvalue weighted by molar-refractivity contribution is -0.132. The summed E-state index contributed by atoms with van der Waals surface area (Å²) in [5.41, 5.74) is 1.98. The Morgan fingerprint density at radius 2 is 2.00 bits per heavy atom. The topological polar surface area (TPSA) is 41.6 Å². The van der Waals surface area contributed by atoms with E-state index >= 15 is 0 Å². The Bertz CT molecular complexity index is 426. The van der Waals surface area contributed by atoms with Crippen LogP contribution in [0.3, 0.4) is 0 Å². The fourth-order valence-electron chi connectivity index (χ4n) is 1.66. The number of hydrogen-bond donors (Lipinski definition) is 1. The van der Waals surface area contributed by atoms with Gasteiger partial charge in [0.15, 0.2) is 6.61 Å². The molecule has 0 radical (unpaired) electrons. The molecule has 0 fully saturated rings. The molecule has 1 amide bonds.